The maximum absolute atomic E-state index is 13.5. The molecule has 2 aromatic rings. The van der Waals surface area contributed by atoms with Crippen molar-refractivity contribution in [2.75, 3.05) is 12.4 Å². The molecule has 1 fully saturated rings. The molecule has 0 radical (unpaired) electrons. The maximum Gasteiger partial charge on any atom is 0.326 e. The van der Waals surface area contributed by atoms with E-state index in [1.54, 1.807) is 44.4 Å². The zero-order chi connectivity index (χ0) is 22.9. The minimum Gasteiger partial charge on any atom is -0.496 e. The molecule has 0 spiro atoms. The second-order valence-electron chi connectivity index (χ2n) is 7.63. The van der Waals surface area contributed by atoms with Gasteiger partial charge in [-0.25, -0.2) is 9.69 Å². The number of ether oxygens (including phenoxy) is 1. The molecule has 1 aliphatic heterocycles. The topological polar surface area (TPSA) is 87.7 Å². The Balaban J connectivity index is 1.89. The van der Waals surface area contributed by atoms with E-state index in [4.69, 9.17) is 16.3 Å². The number of imide groups is 1. The van der Waals surface area contributed by atoms with Crippen molar-refractivity contribution < 1.29 is 19.1 Å². The van der Waals surface area contributed by atoms with Crippen LogP contribution in [0.1, 0.15) is 37.0 Å². The summed E-state index contributed by atoms with van der Waals surface area (Å²) in [6, 6.07) is 8.89. The van der Waals surface area contributed by atoms with Gasteiger partial charge < -0.3 is 15.4 Å². The highest BCUT2D eigenvalue weighted by Crippen LogP contribution is 2.35. The number of nitrogens with one attached hydrogen (secondary N) is 2. The number of nitrogens with zero attached hydrogens (tertiary/aromatic N) is 1. The van der Waals surface area contributed by atoms with E-state index in [-0.39, 0.29) is 0 Å². The number of rotatable bonds is 6. The molecule has 2 aromatic carbocycles. The molecule has 8 heteroatoms. The third kappa shape index (κ3) is 3.85. The predicted molar refractivity (Wildman–Crippen MR) is 119 cm³/mol. The van der Waals surface area contributed by atoms with Crippen molar-refractivity contribution in [1.29, 1.82) is 0 Å². The van der Waals surface area contributed by atoms with Gasteiger partial charge in [0.1, 0.15) is 17.3 Å². The van der Waals surface area contributed by atoms with Gasteiger partial charge >= 0.3 is 6.03 Å². The molecule has 4 amide bonds. The summed E-state index contributed by atoms with van der Waals surface area (Å²) in [7, 11) is 1.57. The van der Waals surface area contributed by atoms with Crippen molar-refractivity contribution in [3.63, 3.8) is 0 Å². The largest absolute Gasteiger partial charge is 0.496 e. The Bertz CT molecular complexity index is 1060. The summed E-state index contributed by atoms with van der Waals surface area (Å²) in [6.07, 6.45) is 0.335. The molecule has 0 aliphatic carbocycles. The minimum absolute atomic E-state index is 0.335. The number of carbonyl (C=O) groups excluding carboxylic acids is 3. The fraction of sp³-hybridized carbons (Fsp3) is 0.348. The Morgan fingerprint density at radius 1 is 1.26 bits per heavy atom. The first-order chi connectivity index (χ1) is 14.7. The molecule has 1 aliphatic rings. The highest BCUT2D eigenvalue weighted by atomic mass is 35.5. The second kappa shape index (κ2) is 8.59. The van der Waals surface area contributed by atoms with Gasteiger partial charge in [0.25, 0.3) is 5.91 Å². The van der Waals surface area contributed by atoms with Crippen molar-refractivity contribution in [3.8, 4) is 5.75 Å². The number of methoxy groups -OCH3 is 1. The van der Waals surface area contributed by atoms with Gasteiger partial charge in [0, 0.05) is 10.7 Å². The third-order valence-corrected chi connectivity index (χ3v) is 6.24. The summed E-state index contributed by atoms with van der Waals surface area (Å²) in [5.74, 6) is -0.255. The lowest BCUT2D eigenvalue weighted by Gasteiger charge is -2.27. The third-order valence-electron chi connectivity index (χ3n) is 5.83. The molecule has 7 nitrogen and oxygen atoms in total. The van der Waals surface area contributed by atoms with Crippen LogP contribution in [-0.4, -0.2) is 35.9 Å². The Kier molecular flexibility index (Phi) is 6.27. The van der Waals surface area contributed by atoms with Crippen LogP contribution < -0.4 is 15.4 Å². The summed E-state index contributed by atoms with van der Waals surface area (Å²) < 4.78 is 5.30. The lowest BCUT2D eigenvalue weighted by atomic mass is 9.86. The van der Waals surface area contributed by atoms with Crippen LogP contribution in [0.5, 0.6) is 5.75 Å². The molecule has 0 aromatic heterocycles. The lowest BCUT2D eigenvalue weighted by Crippen LogP contribution is -2.48. The molecule has 2 atom stereocenters. The molecule has 1 saturated heterocycles. The van der Waals surface area contributed by atoms with Gasteiger partial charge in [0.2, 0.25) is 5.91 Å². The minimum atomic E-state index is -1.24. The monoisotopic (exact) mass is 443 g/mol. The first kappa shape index (κ1) is 22.6. The summed E-state index contributed by atoms with van der Waals surface area (Å²) in [4.78, 5) is 40.2. The van der Waals surface area contributed by atoms with Crippen LogP contribution in [0.3, 0.4) is 0 Å². The van der Waals surface area contributed by atoms with E-state index in [9.17, 15) is 14.4 Å². The number of aryl methyl sites for hydroxylation is 1. The van der Waals surface area contributed by atoms with Crippen LogP contribution in [0.2, 0.25) is 5.02 Å². The summed E-state index contributed by atoms with van der Waals surface area (Å²) >= 11 is 6.12. The van der Waals surface area contributed by atoms with Crippen LogP contribution in [0, 0.1) is 13.8 Å². The van der Waals surface area contributed by atoms with Gasteiger partial charge in [-0.1, -0.05) is 30.7 Å². The zero-order valence-electron chi connectivity index (χ0n) is 18.2. The van der Waals surface area contributed by atoms with Gasteiger partial charge in [0.15, 0.2) is 0 Å². The molecule has 0 bridgehead atoms. The van der Waals surface area contributed by atoms with Gasteiger partial charge in [-0.15, -0.1) is 0 Å². The van der Waals surface area contributed by atoms with Crippen molar-refractivity contribution >= 4 is 35.1 Å². The van der Waals surface area contributed by atoms with Gasteiger partial charge in [-0.05, 0) is 68.1 Å². The van der Waals surface area contributed by atoms with Gasteiger partial charge in [0.05, 0.1) is 7.11 Å². The first-order valence-corrected chi connectivity index (χ1v) is 10.4. The molecular weight excluding hydrogens is 418 g/mol. The Morgan fingerprint density at radius 3 is 2.58 bits per heavy atom. The number of halogens is 1. The van der Waals surface area contributed by atoms with E-state index >= 15 is 0 Å². The standard InChI is InChI=1S/C23H26ClN3O4/c1-6-23(16-10-11-19(31-5)13(2)12-16)21(29)27(22(30)26-23)15(4)20(28)25-18-9-7-8-17(24)14(18)3/h7-12,15H,6H2,1-5H3,(H,25,28)(H,26,30). The Labute approximate surface area is 186 Å². The number of carbonyl (C=O) groups is 3. The van der Waals surface area contributed by atoms with E-state index < -0.39 is 29.4 Å². The fourth-order valence-electron chi connectivity index (χ4n) is 3.83. The number of hydrogen-bond donors (Lipinski definition) is 2. The molecule has 164 valence electrons. The smallest absolute Gasteiger partial charge is 0.326 e. The first-order valence-electron chi connectivity index (χ1n) is 10.0. The molecule has 3 rings (SSSR count). The highest BCUT2D eigenvalue weighted by Gasteiger charge is 2.53. The molecule has 31 heavy (non-hydrogen) atoms. The number of urea groups is 1. The average molecular weight is 444 g/mol. The molecule has 1 heterocycles. The van der Waals surface area contributed by atoms with Crippen molar-refractivity contribution in [1.82, 2.24) is 10.2 Å². The molecule has 0 saturated carbocycles. The SMILES string of the molecule is CCC1(c2ccc(OC)c(C)c2)NC(=O)N(C(C)C(=O)Nc2cccc(Cl)c2C)C1=O. The van der Waals surface area contributed by atoms with Crippen LogP contribution in [0.25, 0.3) is 0 Å². The summed E-state index contributed by atoms with van der Waals surface area (Å²) in [5, 5.41) is 6.09. The van der Waals surface area contributed by atoms with Gasteiger partial charge in [-0.2, -0.15) is 0 Å². The van der Waals surface area contributed by atoms with Crippen molar-refractivity contribution in [2.45, 2.75) is 45.7 Å². The van der Waals surface area contributed by atoms with E-state index in [0.29, 0.717) is 34.0 Å². The number of amides is 4. The molecule has 2 unspecified atom stereocenters. The fourth-order valence-corrected chi connectivity index (χ4v) is 4.00. The van der Waals surface area contributed by atoms with E-state index in [1.807, 2.05) is 19.9 Å². The Hall–Kier alpha value is -3.06. The maximum atomic E-state index is 13.5. The summed E-state index contributed by atoms with van der Waals surface area (Å²) in [6.45, 7) is 7.00. The number of anilines is 1. The quantitative estimate of drug-likeness (QED) is 0.656. The number of hydrogen-bond acceptors (Lipinski definition) is 4. The van der Waals surface area contributed by atoms with Crippen LogP contribution in [0.15, 0.2) is 36.4 Å². The summed E-state index contributed by atoms with van der Waals surface area (Å²) in [5.41, 5.74) is 1.49. The van der Waals surface area contributed by atoms with E-state index in [1.165, 1.54) is 6.92 Å². The highest BCUT2D eigenvalue weighted by molar-refractivity contribution is 6.31. The van der Waals surface area contributed by atoms with Gasteiger partial charge in [-0.3, -0.25) is 9.59 Å². The lowest BCUT2D eigenvalue weighted by molar-refractivity contribution is -0.136. The average Bonchev–Trinajstić information content (AvgIpc) is 3.01. The van der Waals surface area contributed by atoms with E-state index in [0.717, 1.165) is 10.5 Å². The Morgan fingerprint density at radius 2 is 1.97 bits per heavy atom. The zero-order valence-corrected chi connectivity index (χ0v) is 19.0. The molecular formula is C23H26ClN3O4. The van der Waals surface area contributed by atoms with Crippen molar-refractivity contribution in [2.24, 2.45) is 0 Å². The van der Waals surface area contributed by atoms with Crippen LogP contribution in [0.4, 0.5) is 10.5 Å². The van der Waals surface area contributed by atoms with Crippen LogP contribution in [-0.2, 0) is 15.1 Å². The predicted octanol–water partition coefficient (Wildman–Crippen LogP) is 4.15. The second-order valence-corrected chi connectivity index (χ2v) is 8.03. The van der Waals surface area contributed by atoms with Crippen molar-refractivity contribution in [3.05, 3.63) is 58.1 Å². The normalized spacial score (nSPS) is 19.2. The van der Waals surface area contributed by atoms with Crippen LogP contribution >= 0.6 is 11.6 Å². The molecule has 2 N–H and O–H groups in total. The van der Waals surface area contributed by atoms with E-state index in [2.05, 4.69) is 10.6 Å². The number of benzene rings is 2.